The Morgan fingerprint density at radius 3 is 2.60 bits per heavy atom. The van der Waals surface area contributed by atoms with Crippen molar-refractivity contribution in [2.45, 2.75) is 25.9 Å². The molecule has 0 unspecified atom stereocenters. The molecule has 25 heavy (non-hydrogen) atoms. The van der Waals surface area contributed by atoms with E-state index in [-0.39, 0.29) is 5.91 Å². The molecule has 3 rings (SSSR count). The highest BCUT2D eigenvalue weighted by atomic mass is 35.5. The van der Waals surface area contributed by atoms with E-state index in [1.807, 2.05) is 48.5 Å². The number of halogens is 1. The van der Waals surface area contributed by atoms with E-state index in [1.165, 1.54) is 6.33 Å². The van der Waals surface area contributed by atoms with Crippen molar-refractivity contribution in [2.24, 2.45) is 0 Å². The normalized spacial score (nSPS) is 10.6. The number of rotatable bonds is 7. The molecule has 0 atom stereocenters. The molecule has 1 aromatic heterocycles. The summed E-state index contributed by atoms with van der Waals surface area (Å²) in [5.41, 5.74) is 3.28. The van der Waals surface area contributed by atoms with Crippen LogP contribution in [0.4, 0.5) is 0 Å². The molecule has 1 N–H and O–H groups in total. The van der Waals surface area contributed by atoms with Crippen molar-refractivity contribution in [1.82, 2.24) is 20.1 Å². The van der Waals surface area contributed by atoms with Gasteiger partial charge in [0, 0.05) is 18.0 Å². The van der Waals surface area contributed by atoms with Crippen molar-refractivity contribution in [3.05, 3.63) is 82.9 Å². The highest BCUT2D eigenvalue weighted by Gasteiger charge is 2.03. The van der Waals surface area contributed by atoms with Gasteiger partial charge in [-0.05, 0) is 35.2 Å². The topological polar surface area (TPSA) is 59.8 Å². The summed E-state index contributed by atoms with van der Waals surface area (Å²) in [6, 6.07) is 15.7. The third kappa shape index (κ3) is 5.43. The van der Waals surface area contributed by atoms with Crippen LogP contribution >= 0.6 is 11.6 Å². The van der Waals surface area contributed by atoms with Crippen molar-refractivity contribution in [3.8, 4) is 0 Å². The first-order valence-corrected chi connectivity index (χ1v) is 8.48. The maximum Gasteiger partial charge on any atom is 0.220 e. The number of nitrogens with one attached hydrogen (secondary N) is 1. The van der Waals surface area contributed by atoms with Crippen LogP contribution in [0.25, 0.3) is 0 Å². The Hall–Kier alpha value is -2.66. The number of amides is 1. The molecule has 0 saturated carbocycles. The highest BCUT2D eigenvalue weighted by Crippen LogP contribution is 2.12. The zero-order valence-electron chi connectivity index (χ0n) is 13.7. The van der Waals surface area contributed by atoms with Crippen molar-refractivity contribution >= 4 is 17.5 Å². The summed E-state index contributed by atoms with van der Waals surface area (Å²) >= 11 is 5.95. The summed E-state index contributed by atoms with van der Waals surface area (Å²) in [6.45, 7) is 1.21. The first-order chi connectivity index (χ1) is 12.2. The van der Waals surface area contributed by atoms with E-state index in [0.29, 0.717) is 31.0 Å². The van der Waals surface area contributed by atoms with Crippen LogP contribution in [0.3, 0.4) is 0 Å². The van der Waals surface area contributed by atoms with Gasteiger partial charge >= 0.3 is 0 Å². The number of carbonyl (C=O) groups excluding carboxylic acids is 1. The Morgan fingerprint density at radius 2 is 1.88 bits per heavy atom. The zero-order valence-corrected chi connectivity index (χ0v) is 14.5. The van der Waals surface area contributed by atoms with Gasteiger partial charge in [0.2, 0.25) is 5.91 Å². The van der Waals surface area contributed by atoms with E-state index in [2.05, 4.69) is 15.4 Å². The fraction of sp³-hybridized carbons (Fsp3) is 0.211. The summed E-state index contributed by atoms with van der Waals surface area (Å²) < 4.78 is 1.77. The number of carbonyl (C=O) groups is 1. The van der Waals surface area contributed by atoms with Gasteiger partial charge in [0.25, 0.3) is 0 Å². The molecule has 1 heterocycles. The number of aromatic nitrogens is 3. The predicted molar refractivity (Wildman–Crippen MR) is 97.2 cm³/mol. The summed E-state index contributed by atoms with van der Waals surface area (Å²) in [4.78, 5) is 15.9. The van der Waals surface area contributed by atoms with Crippen LogP contribution in [0.5, 0.6) is 0 Å². The molecule has 0 bridgehead atoms. The Balaban J connectivity index is 1.44. The molecule has 0 aliphatic heterocycles. The minimum absolute atomic E-state index is 0.0340. The second-order valence-corrected chi connectivity index (χ2v) is 6.25. The van der Waals surface area contributed by atoms with Crippen LogP contribution in [0, 0.1) is 0 Å². The summed E-state index contributed by atoms with van der Waals surface area (Å²) in [7, 11) is 0. The quantitative estimate of drug-likeness (QED) is 0.708. The standard InChI is InChI=1S/C19H19ClN4O/c20-18-3-1-2-15(10-18)8-9-19(25)22-11-16-4-6-17(7-5-16)12-24-14-21-13-23-24/h1-7,10,13-14H,8-9,11-12H2,(H,22,25). The summed E-state index contributed by atoms with van der Waals surface area (Å²) in [5, 5.41) is 7.73. The summed E-state index contributed by atoms with van der Waals surface area (Å²) in [6.07, 6.45) is 4.34. The maximum atomic E-state index is 12.0. The second kappa shape index (κ2) is 8.44. The van der Waals surface area contributed by atoms with Gasteiger partial charge in [0.1, 0.15) is 12.7 Å². The molecule has 1 amide bonds. The van der Waals surface area contributed by atoms with Gasteiger partial charge < -0.3 is 5.32 Å². The Labute approximate surface area is 151 Å². The Bertz CT molecular complexity index is 816. The molecule has 3 aromatic rings. The minimum Gasteiger partial charge on any atom is -0.352 e. The first kappa shape index (κ1) is 17.2. The van der Waals surface area contributed by atoms with Crippen molar-refractivity contribution in [1.29, 1.82) is 0 Å². The molecule has 0 aliphatic carbocycles. The van der Waals surface area contributed by atoms with Crippen LogP contribution in [-0.4, -0.2) is 20.7 Å². The molecule has 0 spiro atoms. The highest BCUT2D eigenvalue weighted by molar-refractivity contribution is 6.30. The lowest BCUT2D eigenvalue weighted by atomic mass is 10.1. The lowest BCUT2D eigenvalue weighted by Gasteiger charge is -2.07. The third-order valence-corrected chi connectivity index (χ3v) is 4.09. The van der Waals surface area contributed by atoms with Gasteiger partial charge in [-0.15, -0.1) is 0 Å². The molecule has 5 nitrogen and oxygen atoms in total. The van der Waals surface area contributed by atoms with Crippen LogP contribution in [-0.2, 0) is 24.3 Å². The lowest BCUT2D eigenvalue weighted by Crippen LogP contribution is -2.23. The largest absolute Gasteiger partial charge is 0.352 e. The van der Waals surface area contributed by atoms with Gasteiger partial charge in [-0.2, -0.15) is 5.10 Å². The number of nitrogens with zero attached hydrogens (tertiary/aromatic N) is 3. The third-order valence-electron chi connectivity index (χ3n) is 3.85. The van der Waals surface area contributed by atoms with Crippen molar-refractivity contribution < 1.29 is 4.79 Å². The van der Waals surface area contributed by atoms with E-state index in [1.54, 1.807) is 11.0 Å². The molecular formula is C19H19ClN4O. The average molecular weight is 355 g/mol. The van der Waals surface area contributed by atoms with E-state index in [4.69, 9.17) is 11.6 Å². The van der Waals surface area contributed by atoms with E-state index in [0.717, 1.165) is 16.7 Å². The monoisotopic (exact) mass is 354 g/mol. The molecule has 128 valence electrons. The van der Waals surface area contributed by atoms with Crippen LogP contribution < -0.4 is 5.32 Å². The van der Waals surface area contributed by atoms with Crippen LogP contribution in [0.1, 0.15) is 23.1 Å². The molecular weight excluding hydrogens is 336 g/mol. The van der Waals surface area contributed by atoms with Gasteiger partial charge in [-0.25, -0.2) is 9.67 Å². The number of aryl methyl sites for hydroxylation is 1. The van der Waals surface area contributed by atoms with Crippen LogP contribution in [0.2, 0.25) is 5.02 Å². The number of benzene rings is 2. The molecule has 0 fully saturated rings. The maximum absolute atomic E-state index is 12.0. The Morgan fingerprint density at radius 1 is 1.08 bits per heavy atom. The van der Waals surface area contributed by atoms with Crippen molar-refractivity contribution in [3.63, 3.8) is 0 Å². The van der Waals surface area contributed by atoms with E-state index in [9.17, 15) is 4.79 Å². The zero-order chi connectivity index (χ0) is 17.5. The number of hydrogen-bond donors (Lipinski definition) is 1. The molecule has 0 aliphatic rings. The molecule has 0 radical (unpaired) electrons. The SMILES string of the molecule is O=C(CCc1cccc(Cl)c1)NCc1ccc(Cn2cncn2)cc1. The number of hydrogen-bond acceptors (Lipinski definition) is 3. The van der Waals surface area contributed by atoms with E-state index < -0.39 is 0 Å². The summed E-state index contributed by atoms with van der Waals surface area (Å²) in [5.74, 6) is 0.0340. The fourth-order valence-electron chi connectivity index (χ4n) is 2.50. The second-order valence-electron chi connectivity index (χ2n) is 5.82. The minimum atomic E-state index is 0.0340. The first-order valence-electron chi connectivity index (χ1n) is 8.10. The van der Waals surface area contributed by atoms with Crippen molar-refractivity contribution in [2.75, 3.05) is 0 Å². The van der Waals surface area contributed by atoms with Gasteiger partial charge in [0.15, 0.2) is 0 Å². The molecule has 0 saturated heterocycles. The van der Waals surface area contributed by atoms with E-state index >= 15 is 0 Å². The Kier molecular flexibility index (Phi) is 5.80. The van der Waals surface area contributed by atoms with Crippen LogP contribution in [0.15, 0.2) is 61.2 Å². The lowest BCUT2D eigenvalue weighted by molar-refractivity contribution is -0.121. The van der Waals surface area contributed by atoms with Gasteiger partial charge in [0.05, 0.1) is 6.54 Å². The smallest absolute Gasteiger partial charge is 0.220 e. The molecule has 6 heteroatoms. The van der Waals surface area contributed by atoms with Gasteiger partial charge in [-0.1, -0.05) is 48.0 Å². The molecule has 2 aromatic carbocycles. The van der Waals surface area contributed by atoms with Gasteiger partial charge in [-0.3, -0.25) is 4.79 Å². The fourth-order valence-corrected chi connectivity index (χ4v) is 2.72. The predicted octanol–water partition coefficient (Wildman–Crippen LogP) is 3.23. The average Bonchev–Trinajstić information content (AvgIpc) is 3.12.